The van der Waals surface area contributed by atoms with Crippen LogP contribution in [0.4, 0.5) is 0 Å². The number of nitrogens with zero attached hydrogens (tertiary/aromatic N) is 2. The average molecular weight is 529 g/mol. The van der Waals surface area contributed by atoms with Gasteiger partial charge in [0, 0.05) is 22.5 Å². The Morgan fingerprint density at radius 3 is 2.28 bits per heavy atom. The summed E-state index contributed by atoms with van der Waals surface area (Å²) in [7, 11) is 0. The van der Waals surface area contributed by atoms with Crippen molar-refractivity contribution < 1.29 is 28.5 Å². The molecule has 0 saturated carbocycles. The molecular formula is C26H22Cl2N2O6. The largest absolute Gasteiger partial charge is 0.488 e. The minimum Gasteiger partial charge on any atom is -0.488 e. The third-order valence-corrected chi connectivity index (χ3v) is 5.55. The van der Waals surface area contributed by atoms with Crippen LogP contribution in [0.3, 0.4) is 0 Å². The molecule has 8 nitrogen and oxygen atoms in total. The molecule has 1 unspecified atom stereocenters. The summed E-state index contributed by atoms with van der Waals surface area (Å²) in [6.07, 6.45) is -0.737. The summed E-state index contributed by atoms with van der Waals surface area (Å²) in [6.45, 7) is 3.03. The van der Waals surface area contributed by atoms with Gasteiger partial charge in [-0.2, -0.15) is 5.01 Å². The predicted molar refractivity (Wildman–Crippen MR) is 135 cm³/mol. The third kappa shape index (κ3) is 6.47. The molecule has 1 atom stereocenters. The maximum atomic E-state index is 12.2. The van der Waals surface area contributed by atoms with Crippen LogP contribution in [0.2, 0.25) is 10.0 Å². The Bertz CT molecular complexity index is 1280. The van der Waals surface area contributed by atoms with Gasteiger partial charge in [0.15, 0.2) is 6.61 Å². The Hall–Kier alpha value is -3.75. The van der Waals surface area contributed by atoms with Crippen LogP contribution in [0.5, 0.6) is 17.2 Å². The minimum absolute atomic E-state index is 0.0665. The van der Waals surface area contributed by atoms with E-state index in [1.807, 2.05) is 6.92 Å². The van der Waals surface area contributed by atoms with Gasteiger partial charge in [0.25, 0.3) is 0 Å². The third-order valence-electron chi connectivity index (χ3n) is 5.06. The van der Waals surface area contributed by atoms with E-state index < -0.39 is 12.2 Å². The van der Waals surface area contributed by atoms with Crippen molar-refractivity contribution >= 4 is 41.0 Å². The van der Waals surface area contributed by atoms with Gasteiger partial charge in [-0.1, -0.05) is 23.2 Å². The predicted octanol–water partition coefficient (Wildman–Crippen LogP) is 5.23. The zero-order valence-electron chi connectivity index (χ0n) is 19.4. The van der Waals surface area contributed by atoms with Crippen LogP contribution in [0, 0.1) is 6.92 Å². The lowest BCUT2D eigenvalue weighted by Gasteiger charge is -2.19. The van der Waals surface area contributed by atoms with Crippen molar-refractivity contribution in [1.82, 2.24) is 5.01 Å². The van der Waals surface area contributed by atoms with E-state index in [1.165, 1.54) is 11.9 Å². The van der Waals surface area contributed by atoms with Crippen molar-refractivity contribution in [3.05, 3.63) is 87.9 Å². The SMILES string of the molecule is CC(=O)N1N=C(c2ccc(OC(=O)COc3ccc(Cl)cc3C)cc2)OC1COc1ccc(Cl)cc1. The summed E-state index contributed by atoms with van der Waals surface area (Å²) in [5.41, 5.74) is 1.41. The van der Waals surface area contributed by atoms with Crippen molar-refractivity contribution in [1.29, 1.82) is 0 Å². The lowest BCUT2D eigenvalue weighted by Crippen LogP contribution is -2.36. The summed E-state index contributed by atoms with van der Waals surface area (Å²) < 4.78 is 22.4. The molecule has 10 heteroatoms. The highest BCUT2D eigenvalue weighted by atomic mass is 35.5. The Balaban J connectivity index is 1.33. The second kappa shape index (κ2) is 11.3. The van der Waals surface area contributed by atoms with Crippen LogP contribution in [-0.2, 0) is 14.3 Å². The molecule has 1 amide bonds. The molecule has 1 heterocycles. The van der Waals surface area contributed by atoms with E-state index in [1.54, 1.807) is 66.7 Å². The number of rotatable bonds is 8. The first-order valence-electron chi connectivity index (χ1n) is 10.9. The molecule has 186 valence electrons. The summed E-state index contributed by atoms with van der Waals surface area (Å²) in [5.74, 6) is 0.845. The quantitative estimate of drug-likeness (QED) is 0.294. The fourth-order valence-electron chi connectivity index (χ4n) is 3.30. The van der Waals surface area contributed by atoms with Gasteiger partial charge in [0.05, 0.1) is 0 Å². The Kier molecular flexibility index (Phi) is 7.97. The maximum Gasteiger partial charge on any atom is 0.349 e. The van der Waals surface area contributed by atoms with E-state index in [4.69, 9.17) is 42.1 Å². The molecule has 1 aliphatic heterocycles. The number of hydrazone groups is 1. The van der Waals surface area contributed by atoms with Gasteiger partial charge in [-0.05, 0) is 79.2 Å². The van der Waals surface area contributed by atoms with Crippen molar-refractivity contribution in [3.63, 3.8) is 0 Å². The lowest BCUT2D eigenvalue weighted by molar-refractivity contribution is -0.137. The van der Waals surface area contributed by atoms with Gasteiger partial charge in [-0.25, -0.2) is 4.79 Å². The zero-order valence-corrected chi connectivity index (χ0v) is 21.0. The zero-order chi connectivity index (χ0) is 25.7. The molecule has 3 aromatic rings. The number of aryl methyl sites for hydroxylation is 1. The molecule has 0 N–H and O–H groups in total. The summed E-state index contributed by atoms with van der Waals surface area (Å²) in [5, 5.41) is 6.67. The molecule has 36 heavy (non-hydrogen) atoms. The number of carbonyl (C=O) groups excluding carboxylic acids is 2. The molecule has 0 spiro atoms. The number of carbonyl (C=O) groups is 2. The second-order valence-corrected chi connectivity index (χ2v) is 8.68. The fraction of sp³-hybridized carbons (Fsp3) is 0.192. The van der Waals surface area contributed by atoms with E-state index >= 15 is 0 Å². The molecule has 0 radical (unpaired) electrons. The fourth-order valence-corrected chi connectivity index (χ4v) is 3.66. The molecule has 0 aromatic heterocycles. The molecule has 1 aliphatic rings. The maximum absolute atomic E-state index is 12.2. The Labute approximate surface area is 217 Å². The normalized spacial score (nSPS) is 14.6. The topological polar surface area (TPSA) is 86.7 Å². The number of hydrogen-bond donors (Lipinski definition) is 0. The van der Waals surface area contributed by atoms with Gasteiger partial charge in [-0.3, -0.25) is 4.79 Å². The standard InChI is InChI=1S/C26H22Cl2N2O6/c1-16-13-20(28)7-12-23(16)34-15-25(32)35-22-8-3-18(4-9-22)26-29-30(17(2)31)24(36-26)14-33-21-10-5-19(27)6-11-21/h3-13,24H,14-15H2,1-2H3. The number of amides is 1. The Morgan fingerprint density at radius 1 is 0.944 bits per heavy atom. The first-order valence-corrected chi connectivity index (χ1v) is 11.7. The van der Waals surface area contributed by atoms with Crippen molar-refractivity contribution in [3.8, 4) is 17.2 Å². The molecule has 0 saturated heterocycles. The molecular weight excluding hydrogens is 507 g/mol. The Morgan fingerprint density at radius 2 is 1.61 bits per heavy atom. The number of benzene rings is 3. The van der Waals surface area contributed by atoms with Gasteiger partial charge in [0.1, 0.15) is 23.9 Å². The van der Waals surface area contributed by atoms with E-state index in [0.29, 0.717) is 32.9 Å². The van der Waals surface area contributed by atoms with E-state index in [0.717, 1.165) is 5.56 Å². The summed E-state index contributed by atoms with van der Waals surface area (Å²) in [4.78, 5) is 24.2. The smallest absolute Gasteiger partial charge is 0.349 e. The first kappa shape index (κ1) is 25.3. The number of hydrogen-bond acceptors (Lipinski definition) is 7. The van der Waals surface area contributed by atoms with Crippen molar-refractivity contribution in [2.24, 2.45) is 5.10 Å². The van der Waals surface area contributed by atoms with Gasteiger partial charge in [-0.15, -0.1) is 5.10 Å². The van der Waals surface area contributed by atoms with Crippen molar-refractivity contribution in [2.45, 2.75) is 20.1 Å². The van der Waals surface area contributed by atoms with Crippen LogP contribution >= 0.6 is 23.2 Å². The molecule has 4 rings (SSSR count). The van der Waals surface area contributed by atoms with Gasteiger partial charge < -0.3 is 18.9 Å². The average Bonchev–Trinajstić information content (AvgIpc) is 3.28. The number of halogens is 2. The first-order chi connectivity index (χ1) is 17.3. The van der Waals surface area contributed by atoms with Gasteiger partial charge in [0.2, 0.25) is 18.0 Å². The van der Waals surface area contributed by atoms with Crippen LogP contribution in [0.15, 0.2) is 71.8 Å². The molecule has 3 aromatic carbocycles. The van der Waals surface area contributed by atoms with Crippen LogP contribution < -0.4 is 14.2 Å². The number of ether oxygens (including phenoxy) is 4. The second-order valence-electron chi connectivity index (χ2n) is 7.80. The van der Waals surface area contributed by atoms with Crippen LogP contribution in [-0.4, -0.2) is 42.2 Å². The molecule has 0 aliphatic carbocycles. The van der Waals surface area contributed by atoms with Crippen LogP contribution in [0.1, 0.15) is 18.1 Å². The van der Waals surface area contributed by atoms with Crippen LogP contribution in [0.25, 0.3) is 0 Å². The van der Waals surface area contributed by atoms with Crippen molar-refractivity contribution in [2.75, 3.05) is 13.2 Å². The number of esters is 1. The summed E-state index contributed by atoms with van der Waals surface area (Å²) in [6, 6.07) is 18.5. The monoisotopic (exact) mass is 528 g/mol. The van der Waals surface area contributed by atoms with E-state index in [-0.39, 0.29) is 25.0 Å². The highest BCUT2D eigenvalue weighted by Crippen LogP contribution is 2.23. The van der Waals surface area contributed by atoms with E-state index in [9.17, 15) is 9.59 Å². The molecule has 0 bridgehead atoms. The summed E-state index contributed by atoms with van der Waals surface area (Å²) >= 11 is 11.8. The minimum atomic E-state index is -0.737. The van der Waals surface area contributed by atoms with Gasteiger partial charge >= 0.3 is 5.97 Å². The lowest BCUT2D eigenvalue weighted by atomic mass is 10.2. The molecule has 0 fully saturated rings. The highest BCUT2D eigenvalue weighted by Gasteiger charge is 2.32. The highest BCUT2D eigenvalue weighted by molar-refractivity contribution is 6.30. The van der Waals surface area contributed by atoms with E-state index in [2.05, 4.69) is 5.10 Å².